The van der Waals surface area contributed by atoms with E-state index in [2.05, 4.69) is 10.6 Å². The number of fused-ring (bicyclic) bond motifs is 1. The molecule has 1 fully saturated rings. The van der Waals surface area contributed by atoms with E-state index < -0.39 is 0 Å². The van der Waals surface area contributed by atoms with E-state index in [-0.39, 0.29) is 49.2 Å². The second kappa shape index (κ2) is 7.04. The summed E-state index contributed by atoms with van der Waals surface area (Å²) in [6, 6.07) is 5.44. The van der Waals surface area contributed by atoms with Crippen LogP contribution < -0.4 is 10.6 Å². The average molecular weight is 343 g/mol. The lowest BCUT2D eigenvalue weighted by Crippen LogP contribution is -2.38. The van der Waals surface area contributed by atoms with Gasteiger partial charge in [-0.05, 0) is 38.3 Å². The van der Waals surface area contributed by atoms with Crippen molar-refractivity contribution in [2.45, 2.75) is 38.6 Å². The zero-order valence-electron chi connectivity index (χ0n) is 14.1. The fourth-order valence-electron chi connectivity index (χ4n) is 2.78. The lowest BCUT2D eigenvalue weighted by molar-refractivity contribution is -0.126. The Balaban J connectivity index is 1.43. The topological polar surface area (TPSA) is 95.6 Å². The number of imide groups is 1. The third-order valence-corrected chi connectivity index (χ3v) is 4.30. The molecule has 1 heterocycles. The molecule has 4 amide bonds. The Hall–Kier alpha value is -2.70. The van der Waals surface area contributed by atoms with Crippen molar-refractivity contribution >= 4 is 23.6 Å². The van der Waals surface area contributed by atoms with Gasteiger partial charge >= 0.3 is 0 Å². The molecule has 0 bridgehead atoms. The molecule has 1 aromatic carbocycles. The maximum absolute atomic E-state index is 12.3. The quantitative estimate of drug-likeness (QED) is 0.715. The Morgan fingerprint density at radius 3 is 2.56 bits per heavy atom. The molecule has 0 aromatic heterocycles. The van der Waals surface area contributed by atoms with Gasteiger partial charge in [-0.25, -0.2) is 0 Å². The number of carbonyl (C=O) groups excluding carboxylic acids is 4. The standard InChI is InChI=1S/C18H21N3O4/c1-11-4-7-13-14(9-11)18(25)21(17(13)24)8-2-3-15(22)19-10-16(23)20-12-5-6-12/h4,7,9,12H,2-3,5-6,8,10H2,1H3,(H,19,22)(H,20,23). The van der Waals surface area contributed by atoms with Crippen LogP contribution in [-0.2, 0) is 9.59 Å². The molecule has 1 aliphatic heterocycles. The van der Waals surface area contributed by atoms with Crippen molar-refractivity contribution < 1.29 is 19.2 Å². The summed E-state index contributed by atoms with van der Waals surface area (Å²) < 4.78 is 0. The molecule has 2 aliphatic rings. The van der Waals surface area contributed by atoms with E-state index in [1.54, 1.807) is 18.2 Å². The Kier molecular flexibility index (Phi) is 4.83. The van der Waals surface area contributed by atoms with Gasteiger partial charge in [0.05, 0.1) is 17.7 Å². The number of aryl methyl sites for hydroxylation is 1. The molecule has 7 nitrogen and oxygen atoms in total. The predicted molar refractivity (Wildman–Crippen MR) is 90.0 cm³/mol. The van der Waals surface area contributed by atoms with Crippen molar-refractivity contribution in [3.05, 3.63) is 34.9 Å². The summed E-state index contributed by atoms with van der Waals surface area (Å²) in [5, 5.41) is 5.33. The van der Waals surface area contributed by atoms with Gasteiger partial charge in [0.1, 0.15) is 0 Å². The van der Waals surface area contributed by atoms with Crippen LogP contribution in [0.1, 0.15) is 52.0 Å². The highest BCUT2D eigenvalue weighted by Gasteiger charge is 2.34. The lowest BCUT2D eigenvalue weighted by atomic mass is 10.1. The molecular formula is C18H21N3O4. The molecule has 0 unspecified atom stereocenters. The molecule has 1 saturated carbocycles. The number of rotatable bonds is 7. The molecule has 0 atom stereocenters. The first kappa shape index (κ1) is 17.1. The van der Waals surface area contributed by atoms with E-state index in [1.807, 2.05) is 6.92 Å². The highest BCUT2D eigenvalue weighted by molar-refractivity contribution is 6.21. The van der Waals surface area contributed by atoms with E-state index in [1.165, 1.54) is 4.90 Å². The Bertz CT molecular complexity index is 740. The van der Waals surface area contributed by atoms with Gasteiger partial charge in [0.2, 0.25) is 11.8 Å². The van der Waals surface area contributed by atoms with Crippen LogP contribution in [0.2, 0.25) is 0 Å². The Labute approximate surface area is 145 Å². The van der Waals surface area contributed by atoms with Crippen molar-refractivity contribution in [2.24, 2.45) is 0 Å². The van der Waals surface area contributed by atoms with E-state index >= 15 is 0 Å². The number of amides is 4. The van der Waals surface area contributed by atoms with Gasteiger partial charge < -0.3 is 10.6 Å². The highest BCUT2D eigenvalue weighted by Crippen LogP contribution is 2.24. The molecule has 132 valence electrons. The van der Waals surface area contributed by atoms with Crippen molar-refractivity contribution in [1.29, 1.82) is 0 Å². The fraction of sp³-hybridized carbons (Fsp3) is 0.444. The lowest BCUT2D eigenvalue weighted by Gasteiger charge is -2.13. The smallest absolute Gasteiger partial charge is 0.261 e. The van der Waals surface area contributed by atoms with Gasteiger partial charge in [0.15, 0.2) is 0 Å². The summed E-state index contributed by atoms with van der Waals surface area (Å²) in [6.07, 6.45) is 2.52. The Morgan fingerprint density at radius 2 is 1.84 bits per heavy atom. The van der Waals surface area contributed by atoms with E-state index in [0.717, 1.165) is 18.4 Å². The predicted octanol–water partition coefficient (Wildman–Crippen LogP) is 0.766. The van der Waals surface area contributed by atoms with Crippen molar-refractivity contribution in [1.82, 2.24) is 15.5 Å². The monoisotopic (exact) mass is 343 g/mol. The molecule has 1 aromatic rings. The maximum atomic E-state index is 12.3. The third-order valence-electron chi connectivity index (χ3n) is 4.30. The first-order valence-corrected chi connectivity index (χ1v) is 8.48. The number of nitrogens with zero attached hydrogens (tertiary/aromatic N) is 1. The zero-order chi connectivity index (χ0) is 18.0. The van der Waals surface area contributed by atoms with Crippen LogP contribution in [0.3, 0.4) is 0 Å². The third kappa shape index (κ3) is 4.04. The summed E-state index contributed by atoms with van der Waals surface area (Å²) in [7, 11) is 0. The van der Waals surface area contributed by atoms with E-state index in [0.29, 0.717) is 17.5 Å². The minimum absolute atomic E-state index is 0.0401. The Morgan fingerprint density at radius 1 is 1.12 bits per heavy atom. The molecule has 7 heteroatoms. The number of carbonyl (C=O) groups is 4. The van der Waals surface area contributed by atoms with Crippen LogP contribution in [0, 0.1) is 6.92 Å². The minimum Gasteiger partial charge on any atom is -0.352 e. The van der Waals surface area contributed by atoms with Crippen LogP contribution in [0.5, 0.6) is 0 Å². The maximum Gasteiger partial charge on any atom is 0.261 e. The summed E-state index contributed by atoms with van der Waals surface area (Å²) in [6.45, 7) is 2.01. The summed E-state index contributed by atoms with van der Waals surface area (Å²) >= 11 is 0. The fourth-order valence-corrected chi connectivity index (χ4v) is 2.78. The number of hydrogen-bond acceptors (Lipinski definition) is 4. The SMILES string of the molecule is Cc1ccc2c(c1)C(=O)N(CCCC(=O)NCC(=O)NC1CC1)C2=O. The van der Waals surface area contributed by atoms with Gasteiger partial charge in [-0.1, -0.05) is 11.6 Å². The van der Waals surface area contributed by atoms with E-state index in [9.17, 15) is 19.2 Å². The number of benzene rings is 1. The van der Waals surface area contributed by atoms with Crippen LogP contribution >= 0.6 is 0 Å². The van der Waals surface area contributed by atoms with E-state index in [4.69, 9.17) is 0 Å². The van der Waals surface area contributed by atoms with Gasteiger partial charge in [-0.15, -0.1) is 0 Å². The molecule has 0 spiro atoms. The molecule has 0 saturated heterocycles. The van der Waals surface area contributed by atoms with Crippen molar-refractivity contribution in [3.63, 3.8) is 0 Å². The summed E-state index contributed by atoms with van der Waals surface area (Å²) in [5.74, 6) is -1.08. The second-order valence-corrected chi connectivity index (χ2v) is 6.53. The van der Waals surface area contributed by atoms with Crippen LogP contribution in [0.15, 0.2) is 18.2 Å². The molecule has 1 aliphatic carbocycles. The van der Waals surface area contributed by atoms with Gasteiger partial charge in [0, 0.05) is 19.0 Å². The summed E-state index contributed by atoms with van der Waals surface area (Å²) in [4.78, 5) is 49.0. The van der Waals surface area contributed by atoms with Crippen LogP contribution in [0.4, 0.5) is 0 Å². The van der Waals surface area contributed by atoms with Gasteiger partial charge in [-0.2, -0.15) is 0 Å². The second-order valence-electron chi connectivity index (χ2n) is 6.53. The molecule has 2 N–H and O–H groups in total. The minimum atomic E-state index is -0.316. The zero-order valence-corrected chi connectivity index (χ0v) is 14.1. The average Bonchev–Trinajstić information content (AvgIpc) is 3.36. The normalized spacial score (nSPS) is 16.0. The van der Waals surface area contributed by atoms with Crippen LogP contribution in [0.25, 0.3) is 0 Å². The first-order chi connectivity index (χ1) is 12.0. The van der Waals surface area contributed by atoms with Crippen molar-refractivity contribution in [2.75, 3.05) is 13.1 Å². The molecule has 3 rings (SSSR count). The molecular weight excluding hydrogens is 322 g/mol. The number of hydrogen-bond donors (Lipinski definition) is 2. The van der Waals surface area contributed by atoms with Crippen LogP contribution in [-0.4, -0.2) is 47.7 Å². The first-order valence-electron chi connectivity index (χ1n) is 8.48. The summed E-state index contributed by atoms with van der Waals surface area (Å²) in [5.41, 5.74) is 1.76. The largest absolute Gasteiger partial charge is 0.352 e. The molecule has 0 radical (unpaired) electrons. The molecule has 25 heavy (non-hydrogen) atoms. The number of nitrogens with one attached hydrogen (secondary N) is 2. The highest BCUT2D eigenvalue weighted by atomic mass is 16.2. The van der Waals surface area contributed by atoms with Crippen molar-refractivity contribution in [3.8, 4) is 0 Å². The van der Waals surface area contributed by atoms with Gasteiger partial charge in [-0.3, -0.25) is 24.1 Å². The van der Waals surface area contributed by atoms with Gasteiger partial charge in [0.25, 0.3) is 11.8 Å².